The quantitative estimate of drug-likeness (QED) is 0.788. The molecule has 0 aliphatic heterocycles. The summed E-state index contributed by atoms with van der Waals surface area (Å²) >= 11 is 5.66. The van der Waals surface area contributed by atoms with Crippen LogP contribution in [0.4, 0.5) is 0 Å². The third-order valence-corrected chi connectivity index (χ3v) is 1.87. The van der Waals surface area contributed by atoms with Gasteiger partial charge in [0.15, 0.2) is 0 Å². The maximum atomic E-state index is 9.81. The Kier molecular flexibility index (Phi) is 7.74. The first kappa shape index (κ1) is 14.0. The van der Waals surface area contributed by atoms with Gasteiger partial charge in [0.25, 0.3) is 0 Å². The molecule has 0 heterocycles. The summed E-state index contributed by atoms with van der Waals surface area (Å²) in [5.74, 6) is 1.12. The molecule has 0 atom stereocenters. The first-order valence-electron chi connectivity index (χ1n) is 4.98. The lowest BCUT2D eigenvalue weighted by Crippen LogP contribution is -1.89. The van der Waals surface area contributed by atoms with Gasteiger partial charge in [0.05, 0.1) is 6.61 Å². The smallest absolute Gasteiger partial charge is 0.129 e. The van der Waals surface area contributed by atoms with E-state index in [2.05, 4.69) is 0 Å². The summed E-state index contributed by atoms with van der Waals surface area (Å²) in [5.41, 5.74) is 0. The number of hydrogen-bond acceptors (Lipinski definition) is 2. The third-order valence-electron chi connectivity index (χ3n) is 1.62. The lowest BCUT2D eigenvalue weighted by molar-refractivity contribution is -0.116. The van der Waals surface area contributed by atoms with Crippen molar-refractivity contribution in [2.24, 2.45) is 0 Å². The second kappa shape index (κ2) is 8.30. The van der Waals surface area contributed by atoms with Gasteiger partial charge >= 0.3 is 0 Å². The molecule has 2 nitrogen and oxygen atoms in total. The SMILES string of the molecule is CCC(C)=O.CCOc1ccc(Cl)cc1. The van der Waals surface area contributed by atoms with Crippen molar-refractivity contribution in [3.05, 3.63) is 29.3 Å². The van der Waals surface area contributed by atoms with E-state index in [1.165, 1.54) is 0 Å². The van der Waals surface area contributed by atoms with Gasteiger partial charge in [-0.2, -0.15) is 0 Å². The number of ether oxygens (including phenoxy) is 1. The molecule has 1 rings (SSSR count). The predicted molar refractivity (Wildman–Crippen MR) is 63.6 cm³/mol. The summed E-state index contributed by atoms with van der Waals surface area (Å²) < 4.78 is 5.20. The Morgan fingerprint density at radius 3 is 2.07 bits per heavy atom. The van der Waals surface area contributed by atoms with Crippen LogP contribution in [0.5, 0.6) is 5.75 Å². The van der Waals surface area contributed by atoms with E-state index in [9.17, 15) is 4.79 Å². The maximum Gasteiger partial charge on any atom is 0.129 e. The molecule has 84 valence electrons. The van der Waals surface area contributed by atoms with Gasteiger partial charge in [0, 0.05) is 11.4 Å². The standard InChI is InChI=1S/C8H9ClO.C4H8O/c1-2-10-8-5-3-7(9)4-6-8;1-3-4(2)5/h3-6H,2H2,1H3;3H2,1-2H3. The molecule has 0 fully saturated rings. The molecule has 0 aliphatic rings. The van der Waals surface area contributed by atoms with Gasteiger partial charge in [-0.1, -0.05) is 18.5 Å². The van der Waals surface area contributed by atoms with Crippen molar-refractivity contribution in [3.63, 3.8) is 0 Å². The van der Waals surface area contributed by atoms with Gasteiger partial charge in [-0.25, -0.2) is 0 Å². The van der Waals surface area contributed by atoms with E-state index in [0.717, 1.165) is 10.8 Å². The van der Waals surface area contributed by atoms with Crippen molar-refractivity contribution < 1.29 is 9.53 Å². The van der Waals surface area contributed by atoms with Gasteiger partial charge in [-0.05, 0) is 38.1 Å². The molecular weight excluding hydrogens is 212 g/mol. The van der Waals surface area contributed by atoms with Crippen LogP contribution in [-0.2, 0) is 4.79 Å². The lowest BCUT2D eigenvalue weighted by atomic mass is 10.3. The molecule has 0 bridgehead atoms. The van der Waals surface area contributed by atoms with Crippen LogP contribution in [0.3, 0.4) is 0 Å². The van der Waals surface area contributed by atoms with Crippen molar-refractivity contribution in [1.29, 1.82) is 0 Å². The van der Waals surface area contributed by atoms with Crippen LogP contribution in [0, 0.1) is 0 Å². The predicted octanol–water partition coefficient (Wildman–Crippen LogP) is 3.72. The summed E-state index contributed by atoms with van der Waals surface area (Å²) in [4.78, 5) is 9.81. The van der Waals surface area contributed by atoms with Crippen LogP contribution in [0.2, 0.25) is 5.02 Å². The first-order chi connectivity index (χ1) is 7.10. The van der Waals surface area contributed by atoms with Crippen LogP contribution in [0.1, 0.15) is 27.2 Å². The average Bonchev–Trinajstić information content (AvgIpc) is 2.23. The fourth-order valence-electron chi connectivity index (χ4n) is 0.697. The highest BCUT2D eigenvalue weighted by atomic mass is 35.5. The molecule has 0 saturated heterocycles. The molecule has 15 heavy (non-hydrogen) atoms. The van der Waals surface area contributed by atoms with E-state index >= 15 is 0 Å². The van der Waals surface area contributed by atoms with Gasteiger partial charge in [-0.15, -0.1) is 0 Å². The highest BCUT2D eigenvalue weighted by molar-refractivity contribution is 6.30. The normalized spacial score (nSPS) is 8.80. The van der Waals surface area contributed by atoms with Crippen molar-refractivity contribution in [2.45, 2.75) is 27.2 Å². The lowest BCUT2D eigenvalue weighted by Gasteiger charge is -2.00. The van der Waals surface area contributed by atoms with Crippen molar-refractivity contribution in [3.8, 4) is 5.75 Å². The Labute approximate surface area is 96.2 Å². The fourth-order valence-corrected chi connectivity index (χ4v) is 0.823. The van der Waals surface area contributed by atoms with Gasteiger partial charge in [0.2, 0.25) is 0 Å². The van der Waals surface area contributed by atoms with E-state index < -0.39 is 0 Å². The Morgan fingerprint density at radius 2 is 1.73 bits per heavy atom. The number of hydrogen-bond donors (Lipinski definition) is 0. The summed E-state index contributed by atoms with van der Waals surface area (Å²) in [7, 11) is 0. The zero-order valence-electron chi connectivity index (χ0n) is 9.42. The molecule has 0 saturated carbocycles. The number of carbonyl (C=O) groups is 1. The fraction of sp³-hybridized carbons (Fsp3) is 0.417. The number of carbonyl (C=O) groups excluding carboxylic acids is 1. The highest BCUT2D eigenvalue weighted by Crippen LogP contribution is 2.14. The van der Waals surface area contributed by atoms with Crippen molar-refractivity contribution >= 4 is 17.4 Å². The zero-order chi connectivity index (χ0) is 11.7. The van der Waals surface area contributed by atoms with Gasteiger partial charge < -0.3 is 9.53 Å². The topological polar surface area (TPSA) is 26.3 Å². The number of ketones is 1. The van der Waals surface area contributed by atoms with Crippen molar-refractivity contribution in [1.82, 2.24) is 0 Å². The van der Waals surface area contributed by atoms with Crippen molar-refractivity contribution in [2.75, 3.05) is 6.61 Å². The van der Waals surface area contributed by atoms with E-state index in [4.69, 9.17) is 16.3 Å². The summed E-state index contributed by atoms with van der Waals surface area (Å²) in [5, 5.41) is 0.739. The Hall–Kier alpha value is -1.02. The summed E-state index contributed by atoms with van der Waals surface area (Å²) in [6.45, 7) is 6.08. The van der Waals surface area contributed by atoms with E-state index in [-0.39, 0.29) is 5.78 Å². The molecule has 1 aromatic carbocycles. The second-order valence-corrected chi connectivity index (χ2v) is 3.38. The summed E-state index contributed by atoms with van der Waals surface area (Å²) in [6.07, 6.45) is 0.667. The molecule has 0 unspecified atom stereocenters. The average molecular weight is 229 g/mol. The van der Waals surface area contributed by atoms with Crippen LogP contribution in [0.15, 0.2) is 24.3 Å². The minimum absolute atomic E-state index is 0.255. The molecule has 0 aliphatic carbocycles. The monoisotopic (exact) mass is 228 g/mol. The molecule has 0 aromatic heterocycles. The molecule has 0 amide bonds. The van der Waals surface area contributed by atoms with Gasteiger partial charge in [-0.3, -0.25) is 0 Å². The van der Waals surface area contributed by atoms with E-state index in [1.807, 2.05) is 38.1 Å². The Balaban J connectivity index is 0.000000336. The highest BCUT2D eigenvalue weighted by Gasteiger charge is 1.89. The van der Waals surface area contributed by atoms with Crippen LogP contribution in [0.25, 0.3) is 0 Å². The second-order valence-electron chi connectivity index (χ2n) is 2.94. The van der Waals surface area contributed by atoms with Gasteiger partial charge in [0.1, 0.15) is 11.5 Å². The molecule has 0 spiro atoms. The van der Waals surface area contributed by atoms with Crippen LogP contribution < -0.4 is 4.74 Å². The van der Waals surface area contributed by atoms with Crippen LogP contribution in [-0.4, -0.2) is 12.4 Å². The molecule has 1 aromatic rings. The molecular formula is C12H17ClO2. The van der Waals surface area contributed by atoms with E-state index in [1.54, 1.807) is 6.92 Å². The number of rotatable bonds is 3. The van der Waals surface area contributed by atoms with Crippen LogP contribution >= 0.6 is 11.6 Å². The molecule has 0 N–H and O–H groups in total. The molecule has 3 heteroatoms. The minimum atomic E-state index is 0.255. The summed E-state index contributed by atoms with van der Waals surface area (Å²) in [6, 6.07) is 7.33. The molecule has 0 radical (unpaired) electrons. The first-order valence-corrected chi connectivity index (χ1v) is 5.35. The Bertz CT molecular complexity index is 280. The Morgan fingerprint density at radius 1 is 1.27 bits per heavy atom. The maximum absolute atomic E-state index is 9.81. The number of benzene rings is 1. The zero-order valence-corrected chi connectivity index (χ0v) is 10.2. The number of halogens is 1. The largest absolute Gasteiger partial charge is 0.494 e. The minimum Gasteiger partial charge on any atom is -0.494 e. The number of Topliss-reactive ketones (excluding diaryl/α,β-unsaturated/α-hetero) is 1. The van der Waals surface area contributed by atoms with E-state index in [0.29, 0.717) is 13.0 Å². The third kappa shape index (κ3) is 8.01.